The highest BCUT2D eigenvalue weighted by Crippen LogP contribution is 2.17. The Bertz CT molecular complexity index is 515. The molecule has 1 aromatic carbocycles. The number of hydrogen-bond acceptors (Lipinski definition) is 2. The topological polar surface area (TPSA) is 56.7 Å². The SMILES string of the molecule is CN=C(NCC(=O)NC1CCCCC1)N(C)Cc1ccccc1.I. The molecule has 0 aromatic heterocycles. The summed E-state index contributed by atoms with van der Waals surface area (Å²) in [5.41, 5.74) is 1.21. The Morgan fingerprint density at radius 3 is 2.50 bits per heavy atom. The molecule has 0 spiro atoms. The largest absolute Gasteiger partial charge is 0.352 e. The number of hydrogen-bond donors (Lipinski definition) is 2. The van der Waals surface area contributed by atoms with Crippen LogP contribution >= 0.6 is 24.0 Å². The Morgan fingerprint density at radius 1 is 1.21 bits per heavy atom. The summed E-state index contributed by atoms with van der Waals surface area (Å²) >= 11 is 0. The molecule has 0 saturated heterocycles. The molecule has 0 unspecified atom stereocenters. The zero-order valence-electron chi connectivity index (χ0n) is 14.6. The number of nitrogens with zero attached hydrogens (tertiary/aromatic N) is 2. The summed E-state index contributed by atoms with van der Waals surface area (Å²) < 4.78 is 0. The third-order valence-corrected chi connectivity index (χ3v) is 4.21. The summed E-state index contributed by atoms with van der Waals surface area (Å²) in [6.07, 6.45) is 5.95. The summed E-state index contributed by atoms with van der Waals surface area (Å²) in [4.78, 5) is 18.3. The maximum absolute atomic E-state index is 12.1. The monoisotopic (exact) mass is 444 g/mol. The Hall–Kier alpha value is -1.31. The van der Waals surface area contributed by atoms with E-state index >= 15 is 0 Å². The number of aliphatic imine (C=N–C) groups is 1. The van der Waals surface area contributed by atoms with E-state index in [1.807, 2.05) is 30.1 Å². The Morgan fingerprint density at radius 2 is 1.88 bits per heavy atom. The lowest BCUT2D eigenvalue weighted by atomic mass is 9.95. The molecule has 0 atom stereocenters. The number of carbonyl (C=O) groups is 1. The molecule has 1 fully saturated rings. The van der Waals surface area contributed by atoms with Crippen molar-refractivity contribution < 1.29 is 4.79 Å². The number of nitrogens with one attached hydrogen (secondary N) is 2. The molecule has 1 amide bonds. The maximum atomic E-state index is 12.1. The van der Waals surface area contributed by atoms with Crippen molar-refractivity contribution in [3.05, 3.63) is 35.9 Å². The normalized spacial score (nSPS) is 15.3. The lowest BCUT2D eigenvalue weighted by molar-refractivity contribution is -0.120. The highest BCUT2D eigenvalue weighted by atomic mass is 127. The fraction of sp³-hybridized carbons (Fsp3) is 0.556. The second-order valence-electron chi connectivity index (χ2n) is 6.14. The van der Waals surface area contributed by atoms with Crippen molar-refractivity contribution in [2.24, 2.45) is 4.99 Å². The van der Waals surface area contributed by atoms with E-state index in [0.717, 1.165) is 25.3 Å². The van der Waals surface area contributed by atoms with E-state index in [4.69, 9.17) is 0 Å². The quantitative estimate of drug-likeness (QED) is 0.417. The second kappa shape index (κ2) is 11.3. The van der Waals surface area contributed by atoms with Gasteiger partial charge in [-0.2, -0.15) is 0 Å². The van der Waals surface area contributed by atoms with Crippen LogP contribution in [0.1, 0.15) is 37.7 Å². The smallest absolute Gasteiger partial charge is 0.239 e. The van der Waals surface area contributed by atoms with Gasteiger partial charge in [-0.05, 0) is 18.4 Å². The van der Waals surface area contributed by atoms with Gasteiger partial charge in [0.2, 0.25) is 5.91 Å². The molecule has 1 aliphatic rings. The Balaban J connectivity index is 0.00000288. The third kappa shape index (κ3) is 7.07. The van der Waals surface area contributed by atoms with Gasteiger partial charge >= 0.3 is 0 Å². The fourth-order valence-electron chi connectivity index (χ4n) is 3.00. The molecule has 0 bridgehead atoms. The predicted molar refractivity (Wildman–Crippen MR) is 110 cm³/mol. The molecule has 134 valence electrons. The van der Waals surface area contributed by atoms with E-state index in [2.05, 4.69) is 27.8 Å². The average molecular weight is 444 g/mol. The molecule has 1 saturated carbocycles. The number of amides is 1. The molecule has 2 N–H and O–H groups in total. The molecule has 0 radical (unpaired) electrons. The minimum Gasteiger partial charge on any atom is -0.352 e. The van der Waals surface area contributed by atoms with Crippen molar-refractivity contribution in [2.75, 3.05) is 20.6 Å². The van der Waals surface area contributed by atoms with E-state index in [9.17, 15) is 4.79 Å². The maximum Gasteiger partial charge on any atom is 0.239 e. The van der Waals surface area contributed by atoms with Crippen LogP contribution in [0.15, 0.2) is 35.3 Å². The number of guanidine groups is 1. The fourth-order valence-corrected chi connectivity index (χ4v) is 3.00. The van der Waals surface area contributed by atoms with Crippen LogP contribution in [-0.2, 0) is 11.3 Å². The number of benzene rings is 1. The molecular weight excluding hydrogens is 415 g/mol. The summed E-state index contributed by atoms with van der Waals surface area (Å²) in [6.45, 7) is 1.02. The van der Waals surface area contributed by atoms with Crippen LogP contribution in [0.5, 0.6) is 0 Å². The van der Waals surface area contributed by atoms with Crippen LogP contribution in [0.3, 0.4) is 0 Å². The molecule has 0 heterocycles. The van der Waals surface area contributed by atoms with Gasteiger partial charge in [0, 0.05) is 26.7 Å². The lowest BCUT2D eigenvalue weighted by Gasteiger charge is -2.24. The summed E-state index contributed by atoms with van der Waals surface area (Å²) in [5.74, 6) is 0.777. The predicted octanol–water partition coefficient (Wildman–Crippen LogP) is 2.76. The molecule has 0 aliphatic heterocycles. The first-order chi connectivity index (χ1) is 11.2. The first-order valence-corrected chi connectivity index (χ1v) is 8.44. The van der Waals surface area contributed by atoms with Crippen molar-refractivity contribution in [2.45, 2.75) is 44.7 Å². The minimum absolute atomic E-state index is 0. The first-order valence-electron chi connectivity index (χ1n) is 8.44. The van der Waals surface area contributed by atoms with Crippen molar-refractivity contribution >= 4 is 35.8 Å². The van der Waals surface area contributed by atoms with Gasteiger partial charge in [0.1, 0.15) is 0 Å². The van der Waals surface area contributed by atoms with Crippen LogP contribution in [-0.4, -0.2) is 43.4 Å². The minimum atomic E-state index is 0. The van der Waals surface area contributed by atoms with E-state index in [-0.39, 0.29) is 36.4 Å². The van der Waals surface area contributed by atoms with Crippen LogP contribution in [0.25, 0.3) is 0 Å². The van der Waals surface area contributed by atoms with Crippen molar-refractivity contribution in [3.63, 3.8) is 0 Å². The molecule has 2 rings (SSSR count). The van der Waals surface area contributed by atoms with Gasteiger partial charge in [0.25, 0.3) is 0 Å². The van der Waals surface area contributed by atoms with E-state index in [1.165, 1.54) is 24.8 Å². The van der Waals surface area contributed by atoms with Gasteiger partial charge in [-0.15, -0.1) is 24.0 Å². The van der Waals surface area contributed by atoms with Gasteiger partial charge < -0.3 is 15.5 Å². The summed E-state index contributed by atoms with van der Waals surface area (Å²) in [6, 6.07) is 10.6. The standard InChI is InChI=1S/C18H28N4O.HI/c1-19-18(22(2)14-15-9-5-3-6-10-15)20-13-17(23)21-16-11-7-4-8-12-16;/h3,5-6,9-10,16H,4,7-8,11-14H2,1-2H3,(H,19,20)(H,21,23);1H. The van der Waals surface area contributed by atoms with E-state index in [0.29, 0.717) is 6.04 Å². The van der Waals surface area contributed by atoms with Crippen LogP contribution < -0.4 is 10.6 Å². The molecule has 6 heteroatoms. The molecule has 1 aliphatic carbocycles. The van der Waals surface area contributed by atoms with Crippen LogP contribution in [0, 0.1) is 0 Å². The van der Waals surface area contributed by atoms with Gasteiger partial charge in [-0.3, -0.25) is 9.79 Å². The Labute approximate surface area is 162 Å². The van der Waals surface area contributed by atoms with Crippen molar-refractivity contribution in [1.82, 2.24) is 15.5 Å². The molecule has 24 heavy (non-hydrogen) atoms. The van der Waals surface area contributed by atoms with Crippen LogP contribution in [0.2, 0.25) is 0 Å². The van der Waals surface area contributed by atoms with Crippen LogP contribution in [0.4, 0.5) is 0 Å². The summed E-state index contributed by atoms with van der Waals surface area (Å²) in [7, 11) is 3.71. The Kier molecular flexibility index (Phi) is 9.75. The van der Waals surface area contributed by atoms with E-state index < -0.39 is 0 Å². The van der Waals surface area contributed by atoms with Crippen molar-refractivity contribution in [1.29, 1.82) is 0 Å². The summed E-state index contributed by atoms with van der Waals surface area (Å²) in [5, 5.41) is 6.25. The van der Waals surface area contributed by atoms with Gasteiger partial charge in [-0.1, -0.05) is 49.6 Å². The number of rotatable bonds is 5. The van der Waals surface area contributed by atoms with E-state index in [1.54, 1.807) is 7.05 Å². The number of halogens is 1. The highest BCUT2D eigenvalue weighted by Gasteiger charge is 2.16. The van der Waals surface area contributed by atoms with Gasteiger partial charge in [0.05, 0.1) is 6.54 Å². The third-order valence-electron chi connectivity index (χ3n) is 4.21. The lowest BCUT2D eigenvalue weighted by Crippen LogP contribution is -2.46. The van der Waals surface area contributed by atoms with Gasteiger partial charge in [-0.25, -0.2) is 0 Å². The first kappa shape index (κ1) is 20.7. The zero-order chi connectivity index (χ0) is 16.5. The second-order valence-corrected chi connectivity index (χ2v) is 6.14. The molecule has 5 nitrogen and oxygen atoms in total. The average Bonchev–Trinajstić information content (AvgIpc) is 2.57. The van der Waals surface area contributed by atoms with Crippen molar-refractivity contribution in [3.8, 4) is 0 Å². The molecule has 1 aromatic rings. The molecular formula is C18H29IN4O. The highest BCUT2D eigenvalue weighted by molar-refractivity contribution is 14.0. The number of carbonyl (C=O) groups excluding carboxylic acids is 1. The zero-order valence-corrected chi connectivity index (χ0v) is 17.0. The van der Waals surface area contributed by atoms with Gasteiger partial charge in [0.15, 0.2) is 5.96 Å².